The standard InChI is InChI=1S/C16H25N3O/c1-4-20-16-7-5-6-15-14(16)8-11-19(15)13-10-17-9-12-18(2)3/h5-8,11,17H,4,9-10,12-13H2,1-3H3. The summed E-state index contributed by atoms with van der Waals surface area (Å²) in [6, 6.07) is 8.38. The lowest BCUT2D eigenvalue weighted by atomic mass is 10.2. The summed E-state index contributed by atoms with van der Waals surface area (Å²) in [7, 11) is 4.19. The van der Waals surface area contributed by atoms with Gasteiger partial charge in [0.05, 0.1) is 12.1 Å². The van der Waals surface area contributed by atoms with Crippen molar-refractivity contribution >= 4 is 10.9 Å². The van der Waals surface area contributed by atoms with Crippen molar-refractivity contribution in [1.82, 2.24) is 14.8 Å². The van der Waals surface area contributed by atoms with Gasteiger partial charge in [0.2, 0.25) is 0 Å². The Bertz CT molecular complexity index is 534. The largest absolute Gasteiger partial charge is 0.493 e. The third kappa shape index (κ3) is 3.74. The van der Waals surface area contributed by atoms with Crippen LogP contribution in [-0.2, 0) is 6.54 Å². The van der Waals surface area contributed by atoms with Gasteiger partial charge in [-0.1, -0.05) is 6.07 Å². The number of fused-ring (bicyclic) bond motifs is 1. The van der Waals surface area contributed by atoms with Crippen molar-refractivity contribution in [3.63, 3.8) is 0 Å². The second-order valence-corrected chi connectivity index (χ2v) is 5.18. The summed E-state index contributed by atoms with van der Waals surface area (Å²) in [5.41, 5.74) is 1.24. The first-order valence-electron chi connectivity index (χ1n) is 7.28. The fraction of sp³-hybridized carbons (Fsp3) is 0.500. The van der Waals surface area contributed by atoms with Gasteiger partial charge in [-0.05, 0) is 39.2 Å². The number of rotatable bonds is 8. The Morgan fingerprint density at radius 2 is 2.05 bits per heavy atom. The molecule has 2 aromatic rings. The monoisotopic (exact) mass is 275 g/mol. The lowest BCUT2D eigenvalue weighted by Gasteiger charge is -2.11. The van der Waals surface area contributed by atoms with Gasteiger partial charge in [0.1, 0.15) is 5.75 Å². The Morgan fingerprint density at radius 1 is 1.20 bits per heavy atom. The summed E-state index contributed by atoms with van der Waals surface area (Å²) >= 11 is 0. The molecule has 0 spiro atoms. The van der Waals surface area contributed by atoms with Gasteiger partial charge < -0.3 is 19.5 Å². The van der Waals surface area contributed by atoms with Gasteiger partial charge in [0.25, 0.3) is 0 Å². The van der Waals surface area contributed by atoms with Gasteiger partial charge >= 0.3 is 0 Å². The molecule has 0 fully saturated rings. The van der Waals surface area contributed by atoms with Crippen molar-refractivity contribution in [3.8, 4) is 5.75 Å². The van der Waals surface area contributed by atoms with Crippen LogP contribution in [0.25, 0.3) is 10.9 Å². The molecule has 0 aliphatic carbocycles. The third-order valence-electron chi connectivity index (χ3n) is 3.34. The van der Waals surface area contributed by atoms with Crippen molar-refractivity contribution in [3.05, 3.63) is 30.5 Å². The Hall–Kier alpha value is -1.52. The Morgan fingerprint density at radius 3 is 2.80 bits per heavy atom. The number of ether oxygens (including phenoxy) is 1. The zero-order valence-corrected chi connectivity index (χ0v) is 12.7. The molecule has 4 nitrogen and oxygen atoms in total. The van der Waals surface area contributed by atoms with Gasteiger partial charge in [-0.2, -0.15) is 0 Å². The molecule has 0 saturated carbocycles. The van der Waals surface area contributed by atoms with Gasteiger partial charge in [-0.15, -0.1) is 0 Å². The number of likely N-dealkylation sites (N-methyl/N-ethyl adjacent to an activating group) is 1. The first kappa shape index (κ1) is 14.9. The normalized spacial score (nSPS) is 11.4. The van der Waals surface area contributed by atoms with Crippen LogP contribution in [0.2, 0.25) is 0 Å². The molecule has 1 N–H and O–H groups in total. The second-order valence-electron chi connectivity index (χ2n) is 5.18. The smallest absolute Gasteiger partial charge is 0.128 e. The molecule has 0 radical (unpaired) electrons. The quantitative estimate of drug-likeness (QED) is 0.749. The highest BCUT2D eigenvalue weighted by Gasteiger charge is 2.05. The van der Waals surface area contributed by atoms with Gasteiger partial charge in [-0.25, -0.2) is 0 Å². The van der Waals surface area contributed by atoms with Gasteiger partial charge in [0, 0.05) is 37.8 Å². The molecule has 1 aromatic carbocycles. The molecule has 1 aromatic heterocycles. The third-order valence-corrected chi connectivity index (χ3v) is 3.34. The highest BCUT2D eigenvalue weighted by molar-refractivity contribution is 5.86. The Balaban J connectivity index is 1.95. The molecule has 0 aliphatic heterocycles. The first-order chi connectivity index (χ1) is 9.72. The molecule has 20 heavy (non-hydrogen) atoms. The fourth-order valence-corrected chi connectivity index (χ4v) is 2.30. The topological polar surface area (TPSA) is 29.4 Å². The number of hydrogen-bond donors (Lipinski definition) is 1. The molecule has 2 rings (SSSR count). The van der Waals surface area contributed by atoms with Crippen LogP contribution in [0.3, 0.4) is 0 Å². The minimum Gasteiger partial charge on any atom is -0.493 e. The van der Waals surface area contributed by atoms with Gasteiger partial charge in [-0.3, -0.25) is 0 Å². The van der Waals surface area contributed by atoms with E-state index in [0.717, 1.165) is 31.9 Å². The predicted molar refractivity (Wildman–Crippen MR) is 84.5 cm³/mol. The van der Waals surface area contributed by atoms with Crippen LogP contribution in [0, 0.1) is 0 Å². The minimum absolute atomic E-state index is 0.705. The average molecular weight is 275 g/mol. The number of aromatic nitrogens is 1. The SMILES string of the molecule is CCOc1cccc2c1ccn2CCNCCN(C)C. The molecule has 0 unspecified atom stereocenters. The van der Waals surface area contributed by atoms with Gasteiger partial charge in [0.15, 0.2) is 0 Å². The van der Waals surface area contributed by atoms with Crippen LogP contribution in [0.4, 0.5) is 0 Å². The molecular weight excluding hydrogens is 250 g/mol. The molecule has 0 saturated heterocycles. The number of hydrogen-bond acceptors (Lipinski definition) is 3. The van der Waals surface area contributed by atoms with Crippen LogP contribution in [-0.4, -0.2) is 49.8 Å². The van der Waals surface area contributed by atoms with E-state index in [1.807, 2.05) is 13.0 Å². The van der Waals surface area contributed by atoms with E-state index in [1.54, 1.807) is 0 Å². The van der Waals surface area contributed by atoms with Crippen LogP contribution in [0.15, 0.2) is 30.5 Å². The van der Waals surface area contributed by atoms with E-state index in [1.165, 1.54) is 10.9 Å². The molecule has 0 bridgehead atoms. The lowest BCUT2D eigenvalue weighted by Crippen LogP contribution is -2.28. The molecule has 1 heterocycles. The summed E-state index contributed by atoms with van der Waals surface area (Å²) < 4.78 is 7.95. The van der Waals surface area contributed by atoms with E-state index in [2.05, 4.69) is 53.3 Å². The van der Waals surface area contributed by atoms with Crippen LogP contribution in [0.5, 0.6) is 5.75 Å². The summed E-state index contributed by atoms with van der Waals surface area (Å²) in [6.45, 7) is 6.78. The maximum Gasteiger partial charge on any atom is 0.128 e. The summed E-state index contributed by atoms with van der Waals surface area (Å²) in [6.07, 6.45) is 2.14. The maximum atomic E-state index is 5.67. The van der Waals surface area contributed by atoms with Crippen LogP contribution < -0.4 is 10.1 Å². The van der Waals surface area contributed by atoms with E-state index in [0.29, 0.717) is 6.61 Å². The van der Waals surface area contributed by atoms with E-state index in [-0.39, 0.29) is 0 Å². The van der Waals surface area contributed by atoms with Crippen molar-refractivity contribution < 1.29 is 4.74 Å². The molecule has 110 valence electrons. The van der Waals surface area contributed by atoms with E-state index >= 15 is 0 Å². The first-order valence-corrected chi connectivity index (χ1v) is 7.28. The zero-order valence-electron chi connectivity index (χ0n) is 12.7. The van der Waals surface area contributed by atoms with E-state index in [9.17, 15) is 0 Å². The van der Waals surface area contributed by atoms with E-state index < -0.39 is 0 Å². The second kappa shape index (κ2) is 7.31. The number of nitrogens with zero attached hydrogens (tertiary/aromatic N) is 2. The van der Waals surface area contributed by atoms with Crippen LogP contribution in [0.1, 0.15) is 6.92 Å². The minimum atomic E-state index is 0.705. The molecule has 0 atom stereocenters. The molecular formula is C16H25N3O. The summed E-state index contributed by atoms with van der Waals surface area (Å²) in [5.74, 6) is 0.976. The Labute approximate surface area is 121 Å². The predicted octanol–water partition coefficient (Wildman–Crippen LogP) is 2.19. The van der Waals surface area contributed by atoms with Crippen LogP contribution >= 0.6 is 0 Å². The highest BCUT2D eigenvalue weighted by Crippen LogP contribution is 2.26. The zero-order chi connectivity index (χ0) is 14.4. The lowest BCUT2D eigenvalue weighted by molar-refractivity contribution is 0.344. The van der Waals surface area contributed by atoms with Crippen molar-refractivity contribution in [2.24, 2.45) is 0 Å². The number of nitrogens with one attached hydrogen (secondary N) is 1. The van der Waals surface area contributed by atoms with Crippen molar-refractivity contribution in [2.45, 2.75) is 13.5 Å². The highest BCUT2D eigenvalue weighted by atomic mass is 16.5. The molecule has 0 aliphatic rings. The summed E-state index contributed by atoms with van der Waals surface area (Å²) in [5, 5.41) is 4.66. The Kier molecular flexibility index (Phi) is 5.44. The summed E-state index contributed by atoms with van der Waals surface area (Å²) in [4.78, 5) is 2.19. The fourth-order valence-electron chi connectivity index (χ4n) is 2.30. The van der Waals surface area contributed by atoms with E-state index in [4.69, 9.17) is 4.74 Å². The van der Waals surface area contributed by atoms with Crippen molar-refractivity contribution in [2.75, 3.05) is 40.3 Å². The number of benzene rings is 1. The molecule has 0 amide bonds. The average Bonchev–Trinajstić information content (AvgIpc) is 2.83. The van der Waals surface area contributed by atoms with Crippen molar-refractivity contribution in [1.29, 1.82) is 0 Å². The molecule has 4 heteroatoms. The maximum absolute atomic E-state index is 5.67.